The summed E-state index contributed by atoms with van der Waals surface area (Å²) in [5.74, 6) is 2.96. The Balaban J connectivity index is 0.000000159. The first-order valence-corrected chi connectivity index (χ1v) is 40.8. The zero-order chi connectivity index (χ0) is 87.6. The number of aryl methyl sites for hydroxylation is 3. The third-order valence-corrected chi connectivity index (χ3v) is 22.4. The summed E-state index contributed by atoms with van der Waals surface area (Å²) in [6.45, 7) is 30.4. The molecule has 0 aromatic carbocycles. The van der Waals surface area contributed by atoms with E-state index in [1.807, 2.05) is 127 Å². The van der Waals surface area contributed by atoms with E-state index in [-0.39, 0.29) is 54.0 Å². The molecule has 7 N–H and O–H groups in total. The van der Waals surface area contributed by atoms with Crippen molar-refractivity contribution in [2.24, 2.45) is 0 Å². The number of carbonyl (C=O) groups excluding carboxylic acids is 3. The van der Waals surface area contributed by atoms with Gasteiger partial charge in [-0.2, -0.15) is 0 Å². The Morgan fingerprint density at radius 3 is 1.09 bits per heavy atom. The zero-order valence-corrected chi connectivity index (χ0v) is 72.5. The topological polar surface area (TPSA) is 321 Å². The number of anilines is 3. The third kappa shape index (κ3) is 19.1. The molecule has 0 atom stereocenters. The fraction of sp³-hybridized carbons (Fsp3) is 0.323. The van der Waals surface area contributed by atoms with Crippen molar-refractivity contribution in [1.82, 2.24) is 73.8 Å². The summed E-state index contributed by atoms with van der Waals surface area (Å²) in [5.41, 5.74) is 20.3. The van der Waals surface area contributed by atoms with Crippen molar-refractivity contribution in [2.45, 2.75) is 68.1 Å². The third-order valence-electron chi connectivity index (χ3n) is 22.4. The largest absolute Gasteiger partial charge is 0.496 e. The van der Waals surface area contributed by atoms with Gasteiger partial charge in [-0.05, 0) is 173 Å². The second-order valence-corrected chi connectivity index (χ2v) is 30.8. The number of aromatic amines is 3. The molecular formula is C93H108N18O12. The predicted octanol–water partition coefficient (Wildman–Crippen LogP) is 11.2. The minimum Gasteiger partial charge on any atom is -0.496 e. The maximum absolute atomic E-state index is 13.8. The Kier molecular flexibility index (Phi) is 27.2. The van der Waals surface area contributed by atoms with Crippen LogP contribution < -0.4 is 62.0 Å². The minimum absolute atomic E-state index is 0.0258. The fourth-order valence-electron chi connectivity index (χ4n) is 15.8. The van der Waals surface area contributed by atoms with Gasteiger partial charge < -0.3 is 102 Å². The van der Waals surface area contributed by atoms with E-state index in [1.165, 1.54) is 21.3 Å². The van der Waals surface area contributed by atoms with Crippen LogP contribution in [0.25, 0.3) is 67.0 Å². The number of fused-ring (bicyclic) bond motifs is 3. The van der Waals surface area contributed by atoms with Gasteiger partial charge in [0.05, 0.1) is 131 Å². The summed E-state index contributed by atoms with van der Waals surface area (Å²) >= 11 is 0. The van der Waals surface area contributed by atoms with Crippen LogP contribution in [0.3, 0.4) is 0 Å². The van der Waals surface area contributed by atoms with E-state index < -0.39 is 0 Å². The monoisotopic (exact) mass is 1670 g/mol. The molecule has 3 saturated heterocycles. The number of nitrogens with one attached hydrogen (secondary N) is 7. The Bertz CT molecular complexity index is 6220. The maximum Gasteiger partial charge on any atom is 0.256 e. The average molecular weight is 1670 g/mol. The Morgan fingerprint density at radius 2 is 0.764 bits per heavy atom. The SMILES string of the molecule is C=C(c1c(C)c(C(=O)NCc2c(OC)cc(C)[nH]c2=O)cc2cc(-c3ccnc(N(C)C)c3)cn12)N1CCOCC1.C=C(c1c(C)c(C(=O)NCc2c(OC)cc(C)[nH]c2=O)cc2cc(-c3ccnc(NC)c3)cn12)N1CCOCC1.CC=C(c1c(C)c(C(=O)NCc2c(OC)cc(C)[nH]c2=O)cc2cc(-c3ccnc(N(C)C)c3)cn12)N1CCOCC1. The highest BCUT2D eigenvalue weighted by Crippen LogP contribution is 2.37. The van der Waals surface area contributed by atoms with Crippen molar-refractivity contribution in [3.05, 3.63) is 263 Å². The first-order chi connectivity index (χ1) is 59.2. The van der Waals surface area contributed by atoms with E-state index >= 15 is 0 Å². The normalized spacial score (nSPS) is 13.5. The van der Waals surface area contributed by atoms with Crippen LogP contribution in [0, 0.1) is 41.5 Å². The van der Waals surface area contributed by atoms with Crippen LogP contribution in [0.4, 0.5) is 17.5 Å². The number of aromatic nitrogens is 9. The minimum atomic E-state index is -0.291. The molecule has 30 nitrogen and oxygen atoms in total. The highest BCUT2D eigenvalue weighted by Gasteiger charge is 2.29. The van der Waals surface area contributed by atoms with Gasteiger partial charge in [0.15, 0.2) is 0 Å². The zero-order valence-electron chi connectivity index (χ0n) is 72.5. The fourth-order valence-corrected chi connectivity index (χ4v) is 15.8. The number of hydrogen-bond donors (Lipinski definition) is 7. The van der Waals surface area contributed by atoms with Crippen LogP contribution in [0.2, 0.25) is 0 Å². The number of pyridine rings is 9. The number of ether oxygens (including phenoxy) is 6. The molecule has 3 amide bonds. The molecule has 0 unspecified atom stereocenters. The summed E-state index contributed by atoms with van der Waals surface area (Å²) in [6.07, 6.45) is 13.7. The number of methoxy groups -OCH3 is 3. The summed E-state index contributed by atoms with van der Waals surface area (Å²) in [6, 6.07) is 29.1. The summed E-state index contributed by atoms with van der Waals surface area (Å²) in [7, 11) is 14.2. The van der Waals surface area contributed by atoms with Gasteiger partial charge in [0, 0.05) is 179 Å². The Hall–Kier alpha value is -13.7. The first-order valence-electron chi connectivity index (χ1n) is 40.8. The Morgan fingerprint density at radius 1 is 0.447 bits per heavy atom. The second kappa shape index (κ2) is 38.3. The molecule has 3 aliphatic heterocycles. The van der Waals surface area contributed by atoms with Crippen molar-refractivity contribution in [3.63, 3.8) is 0 Å². The molecule has 123 heavy (non-hydrogen) atoms. The molecule has 0 bridgehead atoms. The lowest BCUT2D eigenvalue weighted by Gasteiger charge is -2.32. The maximum atomic E-state index is 13.8. The number of allylic oxidation sites excluding steroid dienone is 1. The highest BCUT2D eigenvalue weighted by atomic mass is 16.5. The van der Waals surface area contributed by atoms with Crippen LogP contribution in [0.1, 0.15) is 106 Å². The van der Waals surface area contributed by atoms with Gasteiger partial charge in [-0.3, -0.25) is 28.8 Å². The summed E-state index contributed by atoms with van der Waals surface area (Å²) in [4.78, 5) is 111. The molecule has 30 heteroatoms. The van der Waals surface area contributed by atoms with Crippen LogP contribution in [0.5, 0.6) is 17.2 Å². The van der Waals surface area contributed by atoms with E-state index in [0.717, 1.165) is 158 Å². The number of rotatable bonds is 24. The highest BCUT2D eigenvalue weighted by molar-refractivity contribution is 6.01. The molecule has 0 saturated carbocycles. The molecule has 15 heterocycles. The van der Waals surface area contributed by atoms with E-state index in [1.54, 1.807) is 51.4 Å². The molecule has 0 radical (unpaired) electrons. The molecule has 3 aliphatic rings. The van der Waals surface area contributed by atoms with Gasteiger partial charge in [-0.15, -0.1) is 0 Å². The molecular weight excluding hydrogens is 1560 g/mol. The molecule has 3 fully saturated rings. The first kappa shape index (κ1) is 87.1. The van der Waals surface area contributed by atoms with Crippen molar-refractivity contribution < 1.29 is 42.8 Å². The van der Waals surface area contributed by atoms with Gasteiger partial charge in [0.2, 0.25) is 0 Å². The molecule has 642 valence electrons. The van der Waals surface area contributed by atoms with Gasteiger partial charge in [-0.1, -0.05) is 19.2 Å². The van der Waals surface area contributed by atoms with Gasteiger partial charge in [-0.25, -0.2) is 15.0 Å². The number of nitrogens with zero attached hydrogens (tertiary/aromatic N) is 11. The van der Waals surface area contributed by atoms with Crippen LogP contribution >= 0.6 is 0 Å². The lowest BCUT2D eigenvalue weighted by atomic mass is 10.0. The van der Waals surface area contributed by atoms with Crippen molar-refractivity contribution >= 4 is 68.8 Å². The summed E-state index contributed by atoms with van der Waals surface area (Å²) in [5, 5.41) is 11.9. The summed E-state index contributed by atoms with van der Waals surface area (Å²) < 4.78 is 39.3. The van der Waals surface area contributed by atoms with Gasteiger partial charge >= 0.3 is 0 Å². The number of hydrogen-bond acceptors (Lipinski definition) is 21. The van der Waals surface area contributed by atoms with Crippen molar-refractivity contribution in [3.8, 4) is 50.6 Å². The van der Waals surface area contributed by atoms with Gasteiger partial charge in [0.1, 0.15) is 34.7 Å². The van der Waals surface area contributed by atoms with E-state index in [2.05, 4.69) is 141 Å². The van der Waals surface area contributed by atoms with Crippen LogP contribution in [0.15, 0.2) is 162 Å². The van der Waals surface area contributed by atoms with Gasteiger partial charge in [0.25, 0.3) is 34.4 Å². The standard InChI is InChI=1S/C32H38N6O4.C31H36N6O4.C30H34N6O4/c1-7-27(37-10-12-42-13-11-37)30-21(3)25(31(39)34-18-26-28(41-6)14-20(2)35-32(26)40)17-24-15-23(19-38(24)30)22-8-9-33-29(16-22)36(4)5;1-19-13-27(40-6)26(31(39)34-19)17-33-30(38)25-16-24-14-23(22-7-8-32-28(15-22)35(4)5)18-37(24)29(20(25)2)21(3)36-9-11-41-12-10-36;1-18-12-26(39-5)25(30(38)34-18)16-33-29(37)24-15-23-13-22(21-6-7-32-27(14-21)31-4)17-36(23)28(19(24)2)20(3)35-8-10-40-11-9-35/h7-9,14-17,19H,10-13,18H2,1-6H3,(H,34,39)(H,35,40);7-8,13-16,18H,3,9-12,17H2,1-2,4-6H3,(H,33,38)(H,34,39);6-7,12-15,17H,3,8-11,16H2,1-2,4-5H3,(H,31,32)(H,33,37)(H,34,38). The lowest BCUT2D eigenvalue weighted by Crippen LogP contribution is -2.36. The van der Waals surface area contributed by atoms with Crippen molar-refractivity contribution in [1.29, 1.82) is 0 Å². The number of amides is 3. The van der Waals surface area contributed by atoms with E-state index in [0.29, 0.717) is 107 Å². The average Bonchev–Trinajstić information content (AvgIpc) is 1.64. The molecule has 15 rings (SSSR count). The van der Waals surface area contributed by atoms with Crippen LogP contribution in [-0.4, -0.2) is 211 Å². The number of carbonyl (C=O) groups is 3. The number of H-pyrrole nitrogens is 3. The Labute approximate surface area is 713 Å². The lowest BCUT2D eigenvalue weighted by molar-refractivity contribution is 0.0637. The predicted molar refractivity (Wildman–Crippen MR) is 482 cm³/mol. The molecule has 12 aromatic rings. The second-order valence-electron chi connectivity index (χ2n) is 30.8. The molecule has 12 aromatic heterocycles. The van der Waals surface area contributed by atoms with E-state index in [4.69, 9.17) is 28.4 Å². The van der Waals surface area contributed by atoms with E-state index in [9.17, 15) is 28.8 Å². The smallest absolute Gasteiger partial charge is 0.256 e. The molecule has 0 aliphatic carbocycles. The number of morpholine rings is 3. The van der Waals surface area contributed by atoms with Crippen LogP contribution in [-0.2, 0) is 33.8 Å². The molecule has 0 spiro atoms. The van der Waals surface area contributed by atoms with Crippen molar-refractivity contribution in [2.75, 3.05) is 151 Å². The quantitative estimate of drug-likeness (QED) is 0.0295.